The number of hydrogen-bond donors (Lipinski definition) is 1. The van der Waals surface area contributed by atoms with E-state index in [-0.39, 0.29) is 11.3 Å². The third-order valence-electron chi connectivity index (χ3n) is 4.94. The highest BCUT2D eigenvalue weighted by Gasteiger charge is 2.44. The smallest absolute Gasteiger partial charge is 0.270 e. The number of piperazine rings is 1. The summed E-state index contributed by atoms with van der Waals surface area (Å²) in [6, 6.07) is 3.42. The minimum atomic E-state index is -0.117. The van der Waals surface area contributed by atoms with Crippen LogP contribution in [0.4, 0.5) is 0 Å². The first-order valence-electron chi connectivity index (χ1n) is 8.29. The first-order chi connectivity index (χ1) is 11.1. The highest BCUT2D eigenvalue weighted by molar-refractivity contribution is 5.92. The Morgan fingerprint density at radius 1 is 1.35 bits per heavy atom. The molecule has 126 valence electrons. The minimum Gasteiger partial charge on any atom is -0.497 e. The number of nitrogens with zero attached hydrogens (tertiary/aromatic N) is 3. The fourth-order valence-corrected chi connectivity index (χ4v) is 3.07. The molecule has 0 spiro atoms. The fraction of sp³-hybridized carbons (Fsp3) is 0.647. The van der Waals surface area contributed by atoms with Gasteiger partial charge in [-0.2, -0.15) is 0 Å². The van der Waals surface area contributed by atoms with Gasteiger partial charge in [0.2, 0.25) is 0 Å². The predicted molar refractivity (Wildman–Crippen MR) is 88.7 cm³/mol. The zero-order valence-electron chi connectivity index (χ0n) is 14.0. The quantitative estimate of drug-likeness (QED) is 0.843. The number of methoxy groups -OCH3 is 1. The van der Waals surface area contributed by atoms with Crippen LogP contribution >= 0.6 is 0 Å². The average molecular weight is 318 g/mol. The summed E-state index contributed by atoms with van der Waals surface area (Å²) in [5, 5.41) is 3.06. The van der Waals surface area contributed by atoms with Crippen LogP contribution in [0.1, 0.15) is 23.3 Å². The van der Waals surface area contributed by atoms with Crippen molar-refractivity contribution in [1.82, 2.24) is 20.1 Å². The van der Waals surface area contributed by atoms with Crippen molar-refractivity contribution in [2.24, 2.45) is 5.41 Å². The molecule has 1 N–H and O–H groups in total. The van der Waals surface area contributed by atoms with Crippen LogP contribution in [0.2, 0.25) is 0 Å². The molecular weight excluding hydrogens is 292 g/mol. The Morgan fingerprint density at radius 3 is 2.74 bits per heavy atom. The van der Waals surface area contributed by atoms with E-state index in [0.29, 0.717) is 11.4 Å². The number of carbonyl (C=O) groups excluding carboxylic acids is 1. The molecule has 0 atom stereocenters. The highest BCUT2D eigenvalue weighted by Crippen LogP contribution is 2.45. The van der Waals surface area contributed by atoms with E-state index in [1.165, 1.54) is 12.8 Å². The van der Waals surface area contributed by atoms with Gasteiger partial charge in [0.25, 0.3) is 5.91 Å². The summed E-state index contributed by atoms with van der Waals surface area (Å²) < 4.78 is 5.14. The normalized spacial score (nSPS) is 21.0. The van der Waals surface area contributed by atoms with Crippen LogP contribution in [0, 0.1) is 5.41 Å². The van der Waals surface area contributed by atoms with Gasteiger partial charge in [0, 0.05) is 56.9 Å². The molecule has 2 heterocycles. The Balaban J connectivity index is 1.50. The molecule has 0 aromatic carbocycles. The second-order valence-corrected chi connectivity index (χ2v) is 6.84. The van der Waals surface area contributed by atoms with E-state index in [4.69, 9.17) is 4.74 Å². The maximum absolute atomic E-state index is 12.3. The summed E-state index contributed by atoms with van der Waals surface area (Å²) in [6.07, 6.45) is 4.00. The zero-order valence-corrected chi connectivity index (χ0v) is 14.0. The molecule has 6 nitrogen and oxygen atoms in total. The minimum absolute atomic E-state index is 0.117. The number of ether oxygens (including phenoxy) is 1. The topological polar surface area (TPSA) is 57.7 Å². The second-order valence-electron chi connectivity index (χ2n) is 6.84. The molecule has 1 amide bonds. The number of likely N-dealkylation sites (N-methyl/N-ethyl adjacent to an activating group) is 1. The van der Waals surface area contributed by atoms with E-state index >= 15 is 0 Å². The largest absolute Gasteiger partial charge is 0.497 e. The van der Waals surface area contributed by atoms with Crippen molar-refractivity contribution in [1.29, 1.82) is 0 Å². The Labute approximate surface area is 137 Å². The van der Waals surface area contributed by atoms with E-state index in [1.807, 2.05) is 0 Å². The summed E-state index contributed by atoms with van der Waals surface area (Å²) >= 11 is 0. The van der Waals surface area contributed by atoms with Crippen molar-refractivity contribution in [2.75, 3.05) is 53.4 Å². The van der Waals surface area contributed by atoms with E-state index in [0.717, 1.165) is 39.3 Å². The van der Waals surface area contributed by atoms with Crippen molar-refractivity contribution in [3.8, 4) is 5.75 Å². The summed E-state index contributed by atoms with van der Waals surface area (Å²) in [4.78, 5) is 21.3. The molecule has 1 saturated carbocycles. The van der Waals surface area contributed by atoms with Gasteiger partial charge < -0.3 is 19.9 Å². The molecule has 6 heteroatoms. The van der Waals surface area contributed by atoms with Crippen LogP contribution in [-0.2, 0) is 0 Å². The number of amides is 1. The van der Waals surface area contributed by atoms with E-state index in [9.17, 15) is 4.79 Å². The van der Waals surface area contributed by atoms with Crippen LogP contribution in [0.15, 0.2) is 18.3 Å². The highest BCUT2D eigenvalue weighted by atomic mass is 16.5. The maximum Gasteiger partial charge on any atom is 0.270 e. The molecule has 0 bridgehead atoms. The standard InChI is InChI=1S/C17H26N4O2/c1-20-7-9-21(10-8-20)13-17(4-5-17)12-19-16(22)15-11-14(23-2)3-6-18-15/h3,6,11H,4-5,7-10,12-13H2,1-2H3,(H,19,22). The zero-order chi connectivity index (χ0) is 16.3. The number of nitrogens with one attached hydrogen (secondary N) is 1. The van der Waals surface area contributed by atoms with Crippen LogP contribution in [-0.4, -0.2) is 74.1 Å². The molecule has 1 aromatic rings. The van der Waals surface area contributed by atoms with Gasteiger partial charge in [-0.15, -0.1) is 0 Å². The first-order valence-corrected chi connectivity index (χ1v) is 8.29. The molecule has 1 aliphatic carbocycles. The molecule has 1 aromatic heterocycles. The summed E-state index contributed by atoms with van der Waals surface area (Å²) in [6.45, 7) is 6.35. The third-order valence-corrected chi connectivity index (χ3v) is 4.94. The van der Waals surface area contributed by atoms with E-state index in [1.54, 1.807) is 25.4 Å². The molecule has 1 saturated heterocycles. The third kappa shape index (κ3) is 4.20. The summed E-state index contributed by atoms with van der Waals surface area (Å²) in [7, 11) is 3.76. The van der Waals surface area contributed by atoms with Crippen LogP contribution in [0.3, 0.4) is 0 Å². The molecule has 3 rings (SSSR count). The lowest BCUT2D eigenvalue weighted by Crippen LogP contribution is -2.48. The second kappa shape index (κ2) is 6.84. The van der Waals surface area contributed by atoms with Crippen LogP contribution < -0.4 is 10.1 Å². The Morgan fingerprint density at radius 2 is 2.09 bits per heavy atom. The lowest BCUT2D eigenvalue weighted by atomic mass is 10.1. The van der Waals surface area contributed by atoms with Gasteiger partial charge in [0.15, 0.2) is 0 Å². The number of rotatable bonds is 6. The molecule has 0 unspecified atom stereocenters. The van der Waals surface area contributed by atoms with Gasteiger partial charge in [0.1, 0.15) is 11.4 Å². The van der Waals surface area contributed by atoms with Crippen molar-refractivity contribution < 1.29 is 9.53 Å². The van der Waals surface area contributed by atoms with Gasteiger partial charge in [0.05, 0.1) is 7.11 Å². The molecule has 23 heavy (non-hydrogen) atoms. The van der Waals surface area contributed by atoms with Gasteiger partial charge in [-0.25, -0.2) is 0 Å². The SMILES string of the molecule is COc1ccnc(C(=O)NCC2(CN3CCN(C)CC3)CC2)c1. The van der Waals surface area contributed by atoms with Crippen LogP contribution in [0.25, 0.3) is 0 Å². The number of aromatic nitrogens is 1. The summed E-state index contributed by atoms with van der Waals surface area (Å²) in [5.41, 5.74) is 0.685. The molecule has 1 aliphatic heterocycles. The lowest BCUT2D eigenvalue weighted by molar-refractivity contribution is 0.0921. The lowest BCUT2D eigenvalue weighted by Gasteiger charge is -2.34. The van der Waals surface area contributed by atoms with Gasteiger partial charge >= 0.3 is 0 Å². The maximum atomic E-state index is 12.3. The molecule has 2 fully saturated rings. The van der Waals surface area contributed by atoms with E-state index in [2.05, 4.69) is 27.1 Å². The first kappa shape index (κ1) is 16.2. The van der Waals surface area contributed by atoms with E-state index < -0.39 is 0 Å². The molecule has 2 aliphatic rings. The van der Waals surface area contributed by atoms with Crippen molar-refractivity contribution in [3.63, 3.8) is 0 Å². The average Bonchev–Trinajstić information content (AvgIpc) is 3.35. The van der Waals surface area contributed by atoms with Crippen molar-refractivity contribution in [3.05, 3.63) is 24.0 Å². The monoisotopic (exact) mass is 318 g/mol. The fourth-order valence-electron chi connectivity index (χ4n) is 3.07. The Bertz CT molecular complexity index is 551. The van der Waals surface area contributed by atoms with Gasteiger partial charge in [-0.3, -0.25) is 9.78 Å². The molecular formula is C17H26N4O2. The number of hydrogen-bond acceptors (Lipinski definition) is 5. The Hall–Kier alpha value is -1.66. The van der Waals surface area contributed by atoms with Gasteiger partial charge in [-0.05, 0) is 26.0 Å². The van der Waals surface area contributed by atoms with Crippen molar-refractivity contribution >= 4 is 5.91 Å². The van der Waals surface area contributed by atoms with Crippen molar-refractivity contribution in [2.45, 2.75) is 12.8 Å². The Kier molecular flexibility index (Phi) is 4.82. The predicted octanol–water partition coefficient (Wildman–Crippen LogP) is 0.848. The van der Waals surface area contributed by atoms with Crippen LogP contribution in [0.5, 0.6) is 5.75 Å². The summed E-state index contributed by atoms with van der Waals surface area (Å²) in [5.74, 6) is 0.539. The number of carbonyl (C=O) groups is 1. The van der Waals surface area contributed by atoms with Gasteiger partial charge in [-0.1, -0.05) is 0 Å². The number of pyridine rings is 1. The molecule has 0 radical (unpaired) electrons.